The predicted octanol–water partition coefficient (Wildman–Crippen LogP) is 2.77. The van der Waals surface area contributed by atoms with Crippen LogP contribution in [0.3, 0.4) is 0 Å². The van der Waals surface area contributed by atoms with Crippen molar-refractivity contribution >= 4 is 5.78 Å². The Balaban J connectivity index is 1.77. The fraction of sp³-hybridized carbons (Fsp3) is 0.933. The van der Waals surface area contributed by atoms with Crippen LogP contribution in [0.5, 0.6) is 0 Å². The predicted molar refractivity (Wildman–Crippen MR) is 68.8 cm³/mol. The number of nitrogens with one attached hydrogen (secondary N) is 1. The van der Waals surface area contributed by atoms with E-state index < -0.39 is 0 Å². The molecule has 1 aliphatic heterocycles. The summed E-state index contributed by atoms with van der Waals surface area (Å²) in [6.07, 6.45) is 7.58. The number of hydrogen-bond donors (Lipinski definition) is 1. The summed E-state index contributed by atoms with van der Waals surface area (Å²) in [6.45, 7) is 5.45. The molecule has 0 aromatic carbocycles. The van der Waals surface area contributed by atoms with Gasteiger partial charge in [0.15, 0.2) is 0 Å². The Morgan fingerprint density at radius 2 is 2.00 bits per heavy atom. The van der Waals surface area contributed by atoms with Crippen LogP contribution in [0.15, 0.2) is 0 Å². The van der Waals surface area contributed by atoms with E-state index in [2.05, 4.69) is 19.2 Å². The average Bonchev–Trinajstić information content (AvgIpc) is 2.84. The Labute approximate surface area is 105 Å². The zero-order valence-electron chi connectivity index (χ0n) is 11.2. The topological polar surface area (TPSA) is 29.1 Å². The van der Waals surface area contributed by atoms with Crippen LogP contribution >= 0.6 is 0 Å². The Bertz CT molecular complexity index is 323. The third-order valence-corrected chi connectivity index (χ3v) is 5.55. The molecule has 2 nitrogen and oxygen atoms in total. The van der Waals surface area contributed by atoms with Gasteiger partial charge < -0.3 is 5.32 Å². The molecule has 3 aliphatic rings. The van der Waals surface area contributed by atoms with Crippen molar-refractivity contribution in [3.8, 4) is 0 Å². The Morgan fingerprint density at radius 1 is 1.18 bits per heavy atom. The van der Waals surface area contributed by atoms with Gasteiger partial charge in [-0.05, 0) is 44.1 Å². The highest BCUT2D eigenvalue weighted by atomic mass is 16.1. The smallest absolute Gasteiger partial charge is 0.143 e. The van der Waals surface area contributed by atoms with E-state index in [0.29, 0.717) is 17.7 Å². The van der Waals surface area contributed by atoms with E-state index in [4.69, 9.17) is 0 Å². The van der Waals surface area contributed by atoms with Crippen LogP contribution in [0, 0.1) is 23.2 Å². The van der Waals surface area contributed by atoms with Crippen LogP contribution in [-0.4, -0.2) is 18.4 Å². The summed E-state index contributed by atoms with van der Waals surface area (Å²) in [4.78, 5) is 12.6. The number of carbonyl (C=O) groups is 1. The van der Waals surface area contributed by atoms with E-state index in [1.54, 1.807) is 0 Å². The summed E-state index contributed by atoms with van der Waals surface area (Å²) in [5.74, 6) is 2.52. The lowest BCUT2D eigenvalue weighted by molar-refractivity contribution is -0.135. The second-order valence-corrected chi connectivity index (χ2v) is 7.04. The van der Waals surface area contributed by atoms with Gasteiger partial charge in [0.2, 0.25) is 0 Å². The van der Waals surface area contributed by atoms with Gasteiger partial charge in [-0.1, -0.05) is 26.7 Å². The van der Waals surface area contributed by atoms with Crippen molar-refractivity contribution in [2.24, 2.45) is 23.2 Å². The highest BCUT2D eigenvalue weighted by Gasteiger charge is 2.48. The molecule has 0 bridgehead atoms. The number of ketones is 1. The summed E-state index contributed by atoms with van der Waals surface area (Å²) >= 11 is 0. The zero-order valence-corrected chi connectivity index (χ0v) is 11.2. The van der Waals surface area contributed by atoms with E-state index in [9.17, 15) is 4.79 Å². The summed E-state index contributed by atoms with van der Waals surface area (Å²) in [5, 5.41) is 3.68. The van der Waals surface area contributed by atoms with Crippen molar-refractivity contribution in [3.05, 3.63) is 0 Å². The van der Waals surface area contributed by atoms with Gasteiger partial charge in [0.25, 0.3) is 0 Å². The molecule has 3 rings (SSSR count). The molecule has 4 unspecified atom stereocenters. The Hall–Kier alpha value is -0.370. The first-order chi connectivity index (χ1) is 8.09. The molecule has 0 aromatic rings. The minimum absolute atomic E-state index is 0.0682. The van der Waals surface area contributed by atoms with Crippen molar-refractivity contribution in [2.75, 3.05) is 6.54 Å². The van der Waals surface area contributed by atoms with Crippen molar-refractivity contribution in [2.45, 2.75) is 58.4 Å². The summed E-state index contributed by atoms with van der Waals surface area (Å²) in [7, 11) is 0. The van der Waals surface area contributed by atoms with Crippen LogP contribution in [0.25, 0.3) is 0 Å². The molecule has 1 N–H and O–H groups in total. The monoisotopic (exact) mass is 235 g/mol. The summed E-state index contributed by atoms with van der Waals surface area (Å²) in [6, 6.07) is 0.509. The molecule has 0 aromatic heterocycles. The molecule has 0 radical (unpaired) electrons. The lowest BCUT2D eigenvalue weighted by atomic mass is 9.67. The molecule has 1 saturated heterocycles. The number of hydrogen-bond acceptors (Lipinski definition) is 2. The van der Waals surface area contributed by atoms with Crippen LogP contribution in [0.2, 0.25) is 0 Å². The van der Waals surface area contributed by atoms with E-state index in [1.807, 2.05) is 0 Å². The van der Waals surface area contributed by atoms with Crippen LogP contribution in [0.1, 0.15) is 52.4 Å². The van der Waals surface area contributed by atoms with Gasteiger partial charge in [0, 0.05) is 17.4 Å². The highest BCUT2D eigenvalue weighted by Crippen LogP contribution is 2.45. The third kappa shape index (κ3) is 1.85. The van der Waals surface area contributed by atoms with E-state index >= 15 is 0 Å². The molecule has 2 heteroatoms. The maximum Gasteiger partial charge on any atom is 0.143 e. The van der Waals surface area contributed by atoms with Gasteiger partial charge >= 0.3 is 0 Å². The molecule has 0 spiro atoms. The first-order valence-corrected chi connectivity index (χ1v) is 7.37. The van der Waals surface area contributed by atoms with Crippen molar-refractivity contribution in [1.29, 1.82) is 0 Å². The molecule has 4 atom stereocenters. The first-order valence-electron chi connectivity index (χ1n) is 7.37. The third-order valence-electron chi connectivity index (χ3n) is 5.55. The molecule has 17 heavy (non-hydrogen) atoms. The average molecular weight is 235 g/mol. The molecular weight excluding hydrogens is 210 g/mol. The minimum atomic E-state index is -0.0682. The standard InChI is InChI=1S/C15H25NO/c1-15(2)8-4-7-12(14(15)17)13-11-6-3-5-10(11)9-16-13/h10-13,16H,3-9H2,1-2H3. The van der Waals surface area contributed by atoms with E-state index in [1.165, 1.54) is 32.2 Å². The SMILES string of the molecule is CC1(C)CCCC(C2NCC3CCCC32)C1=O. The Kier molecular flexibility index (Phi) is 2.81. The molecule has 96 valence electrons. The second-order valence-electron chi connectivity index (χ2n) is 7.04. The van der Waals surface area contributed by atoms with Gasteiger partial charge in [-0.2, -0.15) is 0 Å². The lowest BCUT2D eigenvalue weighted by Crippen LogP contribution is -2.46. The second kappa shape index (κ2) is 4.08. The number of fused-ring (bicyclic) bond motifs is 1. The molecular formula is C15H25NO. The van der Waals surface area contributed by atoms with Gasteiger partial charge in [0.1, 0.15) is 5.78 Å². The number of carbonyl (C=O) groups excluding carboxylic acids is 1. The fourth-order valence-electron chi connectivity index (χ4n) is 4.53. The van der Waals surface area contributed by atoms with Gasteiger partial charge in [-0.25, -0.2) is 0 Å². The molecule has 1 heterocycles. The summed E-state index contributed by atoms with van der Waals surface area (Å²) in [5.41, 5.74) is -0.0682. The largest absolute Gasteiger partial charge is 0.313 e. The van der Waals surface area contributed by atoms with Crippen LogP contribution < -0.4 is 5.32 Å². The fourth-order valence-corrected chi connectivity index (χ4v) is 4.53. The van der Waals surface area contributed by atoms with Gasteiger partial charge in [0.05, 0.1) is 0 Å². The maximum absolute atomic E-state index is 12.6. The van der Waals surface area contributed by atoms with E-state index in [-0.39, 0.29) is 5.41 Å². The molecule has 2 aliphatic carbocycles. The number of rotatable bonds is 1. The van der Waals surface area contributed by atoms with Crippen molar-refractivity contribution in [3.63, 3.8) is 0 Å². The van der Waals surface area contributed by atoms with Gasteiger partial charge in [-0.3, -0.25) is 4.79 Å². The maximum atomic E-state index is 12.6. The van der Waals surface area contributed by atoms with Crippen LogP contribution in [0.4, 0.5) is 0 Å². The van der Waals surface area contributed by atoms with Crippen molar-refractivity contribution in [1.82, 2.24) is 5.32 Å². The normalized spacial score (nSPS) is 44.9. The highest BCUT2D eigenvalue weighted by molar-refractivity contribution is 5.87. The Morgan fingerprint density at radius 3 is 2.82 bits per heavy atom. The van der Waals surface area contributed by atoms with Gasteiger partial charge in [-0.15, -0.1) is 0 Å². The number of Topliss-reactive ketones (excluding diaryl/α,β-unsaturated/α-hetero) is 1. The molecule has 3 fully saturated rings. The molecule has 2 saturated carbocycles. The quantitative estimate of drug-likeness (QED) is 0.757. The minimum Gasteiger partial charge on any atom is -0.313 e. The van der Waals surface area contributed by atoms with Crippen molar-refractivity contribution < 1.29 is 4.79 Å². The summed E-state index contributed by atoms with van der Waals surface area (Å²) < 4.78 is 0. The van der Waals surface area contributed by atoms with Crippen LogP contribution in [-0.2, 0) is 4.79 Å². The molecule has 0 amide bonds. The van der Waals surface area contributed by atoms with E-state index in [0.717, 1.165) is 24.7 Å². The lowest BCUT2D eigenvalue weighted by Gasteiger charge is -2.38. The zero-order chi connectivity index (χ0) is 12.0. The first kappa shape index (κ1) is 11.7.